The summed E-state index contributed by atoms with van der Waals surface area (Å²) in [5.41, 5.74) is 1.37. The fourth-order valence-electron chi connectivity index (χ4n) is 2.51. The van der Waals surface area contributed by atoms with Crippen LogP contribution in [0.15, 0.2) is 18.2 Å². The van der Waals surface area contributed by atoms with Crippen molar-refractivity contribution in [2.75, 3.05) is 25.5 Å². The molecule has 0 bridgehead atoms. The second-order valence-electron chi connectivity index (χ2n) is 5.15. The number of hydrogen-bond acceptors (Lipinski definition) is 5. The van der Waals surface area contributed by atoms with E-state index in [0.29, 0.717) is 22.9 Å². The Bertz CT molecular complexity index is 678. The number of aryl methyl sites for hydroxylation is 1. The predicted octanol–water partition coefficient (Wildman–Crippen LogP) is 1.61. The van der Waals surface area contributed by atoms with Gasteiger partial charge in [0.25, 0.3) is 0 Å². The topological polar surface area (TPSA) is 85.2 Å². The average Bonchev–Trinajstić information content (AvgIpc) is 3.18. The van der Waals surface area contributed by atoms with E-state index in [1.165, 1.54) is 0 Å². The second kappa shape index (κ2) is 6.00. The van der Waals surface area contributed by atoms with Gasteiger partial charge in [0.2, 0.25) is 0 Å². The average molecular weight is 302 g/mol. The quantitative estimate of drug-likeness (QED) is 0.931. The highest BCUT2D eigenvalue weighted by atomic mass is 16.5. The van der Waals surface area contributed by atoms with Crippen LogP contribution in [0.1, 0.15) is 18.7 Å². The van der Waals surface area contributed by atoms with Crippen molar-refractivity contribution in [1.29, 1.82) is 0 Å². The van der Waals surface area contributed by atoms with Crippen molar-refractivity contribution in [2.45, 2.75) is 19.8 Å². The molecular formula is C14H18N6O2. The number of anilines is 1. The SMILES string of the molecule is COc1ccc(NC(=O)N2CCCC2)cc1-n1nnnc1C. The van der Waals surface area contributed by atoms with Crippen molar-refractivity contribution >= 4 is 11.7 Å². The summed E-state index contributed by atoms with van der Waals surface area (Å²) in [7, 11) is 1.58. The van der Waals surface area contributed by atoms with Crippen LogP contribution < -0.4 is 10.1 Å². The van der Waals surface area contributed by atoms with Gasteiger partial charge in [0.05, 0.1) is 7.11 Å². The number of carbonyl (C=O) groups is 1. The summed E-state index contributed by atoms with van der Waals surface area (Å²) in [6.07, 6.45) is 2.12. The molecule has 0 saturated carbocycles. The van der Waals surface area contributed by atoms with Crippen molar-refractivity contribution in [2.24, 2.45) is 0 Å². The van der Waals surface area contributed by atoms with E-state index in [9.17, 15) is 4.79 Å². The zero-order valence-corrected chi connectivity index (χ0v) is 12.6. The molecule has 2 amide bonds. The van der Waals surface area contributed by atoms with Gasteiger partial charge in [0.1, 0.15) is 11.4 Å². The first-order valence-corrected chi connectivity index (χ1v) is 7.18. The first kappa shape index (κ1) is 14.3. The van der Waals surface area contributed by atoms with Crippen LogP contribution in [-0.2, 0) is 0 Å². The third-order valence-corrected chi connectivity index (χ3v) is 3.68. The summed E-state index contributed by atoms with van der Waals surface area (Å²) in [6.45, 7) is 3.41. The summed E-state index contributed by atoms with van der Waals surface area (Å²) in [6, 6.07) is 5.31. The highest BCUT2D eigenvalue weighted by Gasteiger charge is 2.18. The Morgan fingerprint density at radius 1 is 1.32 bits per heavy atom. The number of tetrazole rings is 1. The lowest BCUT2D eigenvalue weighted by Gasteiger charge is -2.17. The normalized spacial score (nSPS) is 14.2. The lowest BCUT2D eigenvalue weighted by molar-refractivity contribution is 0.222. The highest BCUT2D eigenvalue weighted by molar-refractivity contribution is 5.90. The van der Waals surface area contributed by atoms with Gasteiger partial charge in [-0.1, -0.05) is 0 Å². The van der Waals surface area contributed by atoms with E-state index in [2.05, 4.69) is 20.8 Å². The van der Waals surface area contributed by atoms with Gasteiger partial charge in [-0.25, -0.2) is 4.79 Å². The molecule has 1 fully saturated rings. The number of ether oxygens (including phenoxy) is 1. The Morgan fingerprint density at radius 2 is 2.09 bits per heavy atom. The van der Waals surface area contributed by atoms with Crippen molar-refractivity contribution in [3.63, 3.8) is 0 Å². The van der Waals surface area contributed by atoms with Gasteiger partial charge in [0.15, 0.2) is 5.82 Å². The Morgan fingerprint density at radius 3 is 2.73 bits per heavy atom. The van der Waals surface area contributed by atoms with Crippen molar-refractivity contribution in [3.05, 3.63) is 24.0 Å². The minimum atomic E-state index is -0.0814. The Labute approximate surface area is 128 Å². The largest absolute Gasteiger partial charge is 0.494 e. The van der Waals surface area contributed by atoms with E-state index in [0.717, 1.165) is 25.9 Å². The van der Waals surface area contributed by atoms with E-state index < -0.39 is 0 Å². The highest BCUT2D eigenvalue weighted by Crippen LogP contribution is 2.26. The maximum atomic E-state index is 12.2. The van der Waals surface area contributed by atoms with Crippen molar-refractivity contribution in [3.8, 4) is 11.4 Å². The van der Waals surface area contributed by atoms with Crippen LogP contribution >= 0.6 is 0 Å². The molecule has 0 unspecified atom stereocenters. The van der Waals surface area contributed by atoms with Gasteiger partial charge in [-0.15, -0.1) is 5.10 Å². The van der Waals surface area contributed by atoms with Crippen LogP contribution in [-0.4, -0.2) is 51.3 Å². The number of amides is 2. The van der Waals surface area contributed by atoms with E-state index in [-0.39, 0.29) is 6.03 Å². The minimum Gasteiger partial charge on any atom is -0.494 e. The zero-order chi connectivity index (χ0) is 15.5. The number of urea groups is 1. The number of nitrogens with one attached hydrogen (secondary N) is 1. The molecule has 116 valence electrons. The molecule has 1 aromatic heterocycles. The molecule has 0 atom stereocenters. The first-order chi connectivity index (χ1) is 10.7. The predicted molar refractivity (Wildman–Crippen MR) is 80.3 cm³/mol. The fourth-order valence-corrected chi connectivity index (χ4v) is 2.51. The summed E-state index contributed by atoms with van der Waals surface area (Å²) < 4.78 is 6.92. The molecule has 2 heterocycles. The molecule has 0 spiro atoms. The smallest absolute Gasteiger partial charge is 0.321 e. The van der Waals surface area contributed by atoms with Gasteiger partial charge in [-0.05, 0) is 48.4 Å². The van der Waals surface area contributed by atoms with Crippen LogP contribution in [0.4, 0.5) is 10.5 Å². The summed E-state index contributed by atoms with van der Waals surface area (Å²) in [5, 5.41) is 14.4. The number of rotatable bonds is 3. The van der Waals surface area contributed by atoms with E-state index in [1.54, 1.807) is 36.9 Å². The molecule has 1 saturated heterocycles. The molecule has 3 rings (SSSR count). The molecule has 8 nitrogen and oxygen atoms in total. The van der Waals surface area contributed by atoms with E-state index in [4.69, 9.17) is 4.74 Å². The van der Waals surface area contributed by atoms with Crippen molar-refractivity contribution in [1.82, 2.24) is 25.1 Å². The van der Waals surface area contributed by atoms with Crippen LogP contribution in [0.3, 0.4) is 0 Å². The molecule has 1 aromatic carbocycles. The number of aromatic nitrogens is 4. The third-order valence-electron chi connectivity index (χ3n) is 3.68. The Balaban J connectivity index is 1.87. The zero-order valence-electron chi connectivity index (χ0n) is 12.6. The number of nitrogens with zero attached hydrogens (tertiary/aromatic N) is 5. The third kappa shape index (κ3) is 2.72. The molecule has 8 heteroatoms. The number of benzene rings is 1. The molecule has 2 aromatic rings. The number of likely N-dealkylation sites (tertiary alicyclic amines) is 1. The fraction of sp³-hybridized carbons (Fsp3) is 0.429. The van der Waals surface area contributed by atoms with E-state index in [1.807, 2.05) is 4.90 Å². The molecule has 0 aliphatic carbocycles. The van der Waals surface area contributed by atoms with Crippen LogP contribution in [0, 0.1) is 6.92 Å². The van der Waals surface area contributed by atoms with Gasteiger partial charge in [0, 0.05) is 18.8 Å². The van der Waals surface area contributed by atoms with E-state index >= 15 is 0 Å². The first-order valence-electron chi connectivity index (χ1n) is 7.18. The Hall–Kier alpha value is -2.64. The van der Waals surface area contributed by atoms with Crippen LogP contribution in [0.5, 0.6) is 5.75 Å². The summed E-state index contributed by atoms with van der Waals surface area (Å²) in [5.74, 6) is 1.27. The maximum Gasteiger partial charge on any atom is 0.321 e. The number of hydrogen-bond donors (Lipinski definition) is 1. The van der Waals surface area contributed by atoms with Gasteiger partial charge in [-0.2, -0.15) is 4.68 Å². The lowest BCUT2D eigenvalue weighted by atomic mass is 10.2. The molecule has 22 heavy (non-hydrogen) atoms. The van der Waals surface area contributed by atoms with Gasteiger partial charge < -0.3 is 15.0 Å². The van der Waals surface area contributed by atoms with Crippen LogP contribution in [0.25, 0.3) is 5.69 Å². The Kier molecular flexibility index (Phi) is 3.90. The minimum absolute atomic E-state index is 0.0814. The molecule has 1 aliphatic rings. The van der Waals surface area contributed by atoms with Crippen molar-refractivity contribution < 1.29 is 9.53 Å². The molecule has 1 N–H and O–H groups in total. The summed E-state index contributed by atoms with van der Waals surface area (Å²) in [4.78, 5) is 14.0. The van der Waals surface area contributed by atoms with Crippen LogP contribution in [0.2, 0.25) is 0 Å². The molecular weight excluding hydrogens is 284 g/mol. The second-order valence-corrected chi connectivity index (χ2v) is 5.15. The molecule has 0 radical (unpaired) electrons. The number of carbonyl (C=O) groups excluding carboxylic acids is 1. The maximum absolute atomic E-state index is 12.2. The van der Waals surface area contributed by atoms with Gasteiger partial charge in [-0.3, -0.25) is 0 Å². The summed E-state index contributed by atoms with van der Waals surface area (Å²) >= 11 is 0. The van der Waals surface area contributed by atoms with Gasteiger partial charge >= 0.3 is 6.03 Å². The molecule has 1 aliphatic heterocycles. The monoisotopic (exact) mass is 302 g/mol. The number of methoxy groups -OCH3 is 1. The lowest BCUT2D eigenvalue weighted by Crippen LogP contribution is -2.32. The standard InChI is InChI=1S/C14H18N6O2/c1-10-16-17-18-20(10)12-9-11(5-6-13(12)22-2)15-14(21)19-7-3-4-8-19/h5-6,9H,3-4,7-8H2,1-2H3,(H,15,21).